The van der Waals surface area contributed by atoms with Crippen molar-refractivity contribution in [2.24, 2.45) is 5.10 Å². The maximum absolute atomic E-state index is 14.2. The van der Waals surface area contributed by atoms with E-state index in [9.17, 15) is 4.39 Å². The number of hydrogen-bond donors (Lipinski definition) is 1. The highest BCUT2D eigenvalue weighted by Crippen LogP contribution is 2.26. The lowest BCUT2D eigenvalue weighted by molar-refractivity contribution is 0.630. The third kappa shape index (κ3) is 3.70. The summed E-state index contributed by atoms with van der Waals surface area (Å²) in [5.74, 6) is 0.445. The van der Waals surface area contributed by atoms with Gasteiger partial charge in [-0.1, -0.05) is 48.0 Å². The van der Waals surface area contributed by atoms with E-state index in [2.05, 4.69) is 20.5 Å². The summed E-state index contributed by atoms with van der Waals surface area (Å²) in [6.45, 7) is 1.89. The first-order chi connectivity index (χ1) is 13.6. The lowest BCUT2D eigenvalue weighted by Gasteiger charge is -2.09. The first kappa shape index (κ1) is 18.1. The van der Waals surface area contributed by atoms with E-state index in [-0.39, 0.29) is 5.82 Å². The van der Waals surface area contributed by atoms with Gasteiger partial charge in [-0.2, -0.15) is 5.10 Å². The summed E-state index contributed by atoms with van der Waals surface area (Å²) in [6, 6.07) is 21.4. The minimum absolute atomic E-state index is 0.304. The summed E-state index contributed by atoms with van der Waals surface area (Å²) >= 11 is 5.94. The predicted molar refractivity (Wildman–Crippen MR) is 112 cm³/mol. The maximum atomic E-state index is 14.2. The van der Waals surface area contributed by atoms with Crippen LogP contribution in [0.3, 0.4) is 0 Å². The van der Waals surface area contributed by atoms with Gasteiger partial charge in [0.15, 0.2) is 11.6 Å². The van der Waals surface area contributed by atoms with Crippen LogP contribution in [0.2, 0.25) is 5.02 Å². The number of hydrazone groups is 1. The number of nitrogens with one attached hydrogen (secondary N) is 1. The molecule has 3 aromatic carbocycles. The average molecular weight is 391 g/mol. The van der Waals surface area contributed by atoms with Gasteiger partial charge in [0.2, 0.25) is 0 Å². The van der Waals surface area contributed by atoms with Crippen molar-refractivity contribution in [1.82, 2.24) is 9.97 Å². The second kappa shape index (κ2) is 7.74. The number of fused-ring (bicyclic) bond motifs is 1. The highest BCUT2D eigenvalue weighted by atomic mass is 35.5. The Bertz CT molecular complexity index is 1170. The Morgan fingerprint density at radius 1 is 0.929 bits per heavy atom. The molecule has 0 aliphatic carbocycles. The van der Waals surface area contributed by atoms with Gasteiger partial charge in [-0.15, -0.1) is 0 Å². The zero-order valence-electron chi connectivity index (χ0n) is 15.0. The molecule has 1 aromatic heterocycles. The summed E-state index contributed by atoms with van der Waals surface area (Å²) in [4.78, 5) is 9.03. The van der Waals surface area contributed by atoms with E-state index < -0.39 is 0 Å². The number of nitrogens with zero attached hydrogens (tertiary/aromatic N) is 3. The number of halogens is 2. The molecule has 0 aliphatic heterocycles. The van der Waals surface area contributed by atoms with Crippen LogP contribution in [-0.2, 0) is 0 Å². The van der Waals surface area contributed by atoms with Gasteiger partial charge in [-0.25, -0.2) is 14.4 Å². The summed E-state index contributed by atoms with van der Waals surface area (Å²) in [6.07, 6.45) is 0. The van der Waals surface area contributed by atoms with Gasteiger partial charge in [0, 0.05) is 10.4 Å². The van der Waals surface area contributed by atoms with Crippen molar-refractivity contribution >= 4 is 34.0 Å². The number of hydrogen-bond acceptors (Lipinski definition) is 4. The summed E-state index contributed by atoms with van der Waals surface area (Å²) in [5.41, 5.74) is 5.76. The molecule has 1 N–H and O–H groups in total. The van der Waals surface area contributed by atoms with Crippen LogP contribution in [0.4, 0.5) is 10.2 Å². The van der Waals surface area contributed by atoms with Crippen molar-refractivity contribution in [2.75, 3.05) is 5.43 Å². The third-order valence-corrected chi connectivity index (χ3v) is 4.56. The number of para-hydroxylation sites is 1. The van der Waals surface area contributed by atoms with Crippen molar-refractivity contribution in [1.29, 1.82) is 0 Å². The molecule has 0 saturated heterocycles. The quantitative estimate of drug-likeness (QED) is 0.347. The number of benzene rings is 3. The van der Waals surface area contributed by atoms with Crippen LogP contribution < -0.4 is 5.43 Å². The van der Waals surface area contributed by atoms with Crippen molar-refractivity contribution < 1.29 is 4.39 Å². The van der Waals surface area contributed by atoms with Gasteiger partial charge < -0.3 is 0 Å². The van der Waals surface area contributed by atoms with Gasteiger partial charge in [0.25, 0.3) is 0 Å². The fraction of sp³-hybridized carbons (Fsp3) is 0.0455. The fourth-order valence-corrected chi connectivity index (χ4v) is 2.94. The van der Waals surface area contributed by atoms with Crippen molar-refractivity contribution in [3.05, 3.63) is 89.2 Å². The van der Waals surface area contributed by atoms with Gasteiger partial charge in [0.05, 0.1) is 16.8 Å². The zero-order valence-corrected chi connectivity index (χ0v) is 15.8. The van der Waals surface area contributed by atoms with E-state index in [4.69, 9.17) is 11.6 Å². The molecule has 4 rings (SSSR count). The topological polar surface area (TPSA) is 50.2 Å². The molecule has 28 heavy (non-hydrogen) atoms. The van der Waals surface area contributed by atoms with Crippen molar-refractivity contribution in [2.45, 2.75) is 6.92 Å². The summed E-state index contributed by atoms with van der Waals surface area (Å²) < 4.78 is 14.2. The normalized spacial score (nSPS) is 11.6. The Labute approximate surface area is 166 Å². The lowest BCUT2D eigenvalue weighted by Crippen LogP contribution is -2.03. The molecule has 4 aromatic rings. The standard InChI is InChI=1S/C22H16ClFN4/c1-14(15-10-12-16(23)13-11-15)27-28-22-18-7-3-5-9-20(18)25-21(26-22)17-6-2-4-8-19(17)24/h2-13H,1H3,(H,25,26,28). The van der Waals surface area contributed by atoms with Crippen LogP contribution in [0.1, 0.15) is 12.5 Å². The van der Waals surface area contributed by atoms with Crippen molar-refractivity contribution in [3.8, 4) is 11.4 Å². The van der Waals surface area contributed by atoms with Gasteiger partial charge in [-0.3, -0.25) is 5.43 Å². The molecule has 6 heteroatoms. The van der Waals surface area contributed by atoms with Crippen LogP contribution in [0.5, 0.6) is 0 Å². The molecule has 0 amide bonds. The molecular weight excluding hydrogens is 375 g/mol. The smallest absolute Gasteiger partial charge is 0.165 e. The highest BCUT2D eigenvalue weighted by molar-refractivity contribution is 6.30. The van der Waals surface area contributed by atoms with E-state index in [1.54, 1.807) is 18.2 Å². The molecule has 4 nitrogen and oxygen atoms in total. The molecule has 1 heterocycles. The van der Waals surface area contributed by atoms with Gasteiger partial charge in [0.1, 0.15) is 5.82 Å². The Morgan fingerprint density at radius 2 is 1.64 bits per heavy atom. The molecule has 0 bridgehead atoms. The first-order valence-corrected chi connectivity index (χ1v) is 9.07. The average Bonchev–Trinajstić information content (AvgIpc) is 2.72. The Kier molecular flexibility index (Phi) is 5.00. The van der Waals surface area contributed by atoms with Crippen LogP contribution in [-0.4, -0.2) is 15.7 Å². The van der Waals surface area contributed by atoms with Crippen LogP contribution in [0.25, 0.3) is 22.3 Å². The SMILES string of the molecule is CC(=NNc1nc(-c2ccccc2F)nc2ccccc12)c1ccc(Cl)cc1. The Balaban J connectivity index is 1.76. The van der Waals surface area contributed by atoms with Crippen LogP contribution >= 0.6 is 11.6 Å². The minimum atomic E-state index is -0.371. The van der Waals surface area contributed by atoms with Gasteiger partial charge >= 0.3 is 0 Å². The second-order valence-electron chi connectivity index (χ2n) is 6.21. The number of aromatic nitrogens is 2. The van der Waals surface area contributed by atoms with Gasteiger partial charge in [-0.05, 0) is 48.9 Å². The maximum Gasteiger partial charge on any atom is 0.165 e. The van der Waals surface area contributed by atoms with E-state index in [0.717, 1.165) is 16.7 Å². The molecule has 0 saturated carbocycles. The molecule has 0 radical (unpaired) electrons. The Morgan fingerprint density at radius 3 is 2.43 bits per heavy atom. The number of anilines is 1. The van der Waals surface area contributed by atoms with E-state index in [0.29, 0.717) is 27.7 Å². The fourth-order valence-electron chi connectivity index (χ4n) is 2.82. The summed E-state index contributed by atoms with van der Waals surface area (Å²) in [7, 11) is 0. The summed E-state index contributed by atoms with van der Waals surface area (Å²) in [5, 5.41) is 5.91. The van der Waals surface area contributed by atoms with E-state index in [1.807, 2.05) is 55.5 Å². The molecule has 0 aliphatic rings. The molecule has 0 unspecified atom stereocenters. The number of rotatable bonds is 4. The van der Waals surface area contributed by atoms with E-state index in [1.165, 1.54) is 6.07 Å². The molecule has 138 valence electrons. The minimum Gasteiger partial charge on any atom is -0.260 e. The zero-order chi connectivity index (χ0) is 19.5. The predicted octanol–water partition coefficient (Wildman–Crippen LogP) is 5.93. The first-order valence-electron chi connectivity index (χ1n) is 8.70. The molecular formula is C22H16ClFN4. The lowest BCUT2D eigenvalue weighted by atomic mass is 10.1. The van der Waals surface area contributed by atoms with Crippen molar-refractivity contribution in [3.63, 3.8) is 0 Å². The highest BCUT2D eigenvalue weighted by Gasteiger charge is 2.12. The molecule has 0 atom stereocenters. The molecule has 0 fully saturated rings. The molecule has 0 spiro atoms. The Hall–Kier alpha value is -3.31. The second-order valence-corrected chi connectivity index (χ2v) is 6.65. The van der Waals surface area contributed by atoms with E-state index >= 15 is 0 Å². The van der Waals surface area contributed by atoms with Crippen LogP contribution in [0.15, 0.2) is 77.9 Å². The third-order valence-electron chi connectivity index (χ3n) is 4.31. The monoisotopic (exact) mass is 390 g/mol. The largest absolute Gasteiger partial charge is 0.260 e. The van der Waals surface area contributed by atoms with Crippen LogP contribution in [0, 0.1) is 5.82 Å².